The molecule has 1 amide bonds. The minimum absolute atomic E-state index is 0.258. The molecule has 0 radical (unpaired) electrons. The maximum atomic E-state index is 12.1. The summed E-state index contributed by atoms with van der Waals surface area (Å²) < 4.78 is 0. The van der Waals surface area contributed by atoms with Crippen molar-refractivity contribution in [2.75, 3.05) is 13.6 Å². The smallest absolute Gasteiger partial charge is 0.225 e. The second-order valence-electron chi connectivity index (χ2n) is 5.07. The summed E-state index contributed by atoms with van der Waals surface area (Å²) in [6.45, 7) is 7.38. The number of unbranched alkanes of at least 4 members (excludes halogenated alkanes) is 4. The molecular formula is C15H31NO. The first-order valence-corrected chi connectivity index (χ1v) is 7.42. The molecule has 0 saturated carbocycles. The number of hydrogen-bond donors (Lipinski definition) is 0. The van der Waals surface area contributed by atoms with Crippen LogP contribution < -0.4 is 0 Å². The van der Waals surface area contributed by atoms with Gasteiger partial charge in [0.15, 0.2) is 0 Å². The van der Waals surface area contributed by atoms with Gasteiger partial charge in [0.1, 0.15) is 0 Å². The summed E-state index contributed by atoms with van der Waals surface area (Å²) >= 11 is 0. The fourth-order valence-electron chi connectivity index (χ4n) is 2.25. The Kier molecular flexibility index (Phi) is 10.3. The predicted octanol–water partition coefficient (Wildman–Crippen LogP) is 4.24. The molecular weight excluding hydrogens is 210 g/mol. The Morgan fingerprint density at radius 2 is 1.65 bits per heavy atom. The zero-order chi connectivity index (χ0) is 13.1. The minimum Gasteiger partial charge on any atom is -0.346 e. The lowest BCUT2D eigenvalue weighted by molar-refractivity contribution is -0.134. The molecule has 0 spiro atoms. The number of amides is 1. The SMILES string of the molecule is CCCCCCCC(CC)C(=O)N(C)CCC. The molecule has 102 valence electrons. The molecule has 0 aromatic rings. The van der Waals surface area contributed by atoms with Crippen molar-refractivity contribution >= 4 is 5.91 Å². The predicted molar refractivity (Wildman–Crippen MR) is 75.1 cm³/mol. The molecule has 0 saturated heterocycles. The Labute approximate surface area is 108 Å². The van der Waals surface area contributed by atoms with Crippen LogP contribution in [-0.4, -0.2) is 24.4 Å². The third-order valence-electron chi connectivity index (χ3n) is 3.43. The van der Waals surface area contributed by atoms with Gasteiger partial charge in [0, 0.05) is 19.5 Å². The van der Waals surface area contributed by atoms with Gasteiger partial charge in [-0.25, -0.2) is 0 Å². The normalized spacial score (nSPS) is 12.5. The van der Waals surface area contributed by atoms with E-state index in [4.69, 9.17) is 0 Å². The highest BCUT2D eigenvalue weighted by atomic mass is 16.2. The Balaban J connectivity index is 3.85. The maximum absolute atomic E-state index is 12.1. The fourth-order valence-corrected chi connectivity index (χ4v) is 2.25. The van der Waals surface area contributed by atoms with Gasteiger partial charge in [0.25, 0.3) is 0 Å². The second kappa shape index (κ2) is 10.6. The van der Waals surface area contributed by atoms with E-state index in [1.54, 1.807) is 0 Å². The second-order valence-corrected chi connectivity index (χ2v) is 5.07. The largest absolute Gasteiger partial charge is 0.346 e. The highest BCUT2D eigenvalue weighted by molar-refractivity contribution is 5.78. The van der Waals surface area contributed by atoms with Crippen LogP contribution in [-0.2, 0) is 4.79 Å². The molecule has 0 aromatic carbocycles. The average Bonchev–Trinajstić information content (AvgIpc) is 2.33. The van der Waals surface area contributed by atoms with Crippen molar-refractivity contribution in [1.82, 2.24) is 4.90 Å². The first kappa shape index (κ1) is 16.5. The van der Waals surface area contributed by atoms with E-state index in [1.807, 2.05) is 11.9 Å². The van der Waals surface area contributed by atoms with Crippen LogP contribution in [0, 0.1) is 5.92 Å². The molecule has 0 N–H and O–H groups in total. The number of carbonyl (C=O) groups is 1. The van der Waals surface area contributed by atoms with Crippen LogP contribution in [0.2, 0.25) is 0 Å². The van der Waals surface area contributed by atoms with Crippen LogP contribution in [0.25, 0.3) is 0 Å². The number of rotatable bonds is 10. The van der Waals surface area contributed by atoms with E-state index in [0.29, 0.717) is 5.91 Å². The van der Waals surface area contributed by atoms with Crippen LogP contribution in [0.15, 0.2) is 0 Å². The van der Waals surface area contributed by atoms with Gasteiger partial charge in [-0.2, -0.15) is 0 Å². The first-order valence-electron chi connectivity index (χ1n) is 7.42. The lowest BCUT2D eigenvalue weighted by atomic mass is 9.96. The zero-order valence-corrected chi connectivity index (χ0v) is 12.3. The minimum atomic E-state index is 0.258. The molecule has 0 aliphatic rings. The van der Waals surface area contributed by atoms with Gasteiger partial charge in [-0.3, -0.25) is 4.79 Å². The Morgan fingerprint density at radius 1 is 1.00 bits per heavy atom. The summed E-state index contributed by atoms with van der Waals surface area (Å²) in [5, 5.41) is 0. The Bertz CT molecular complexity index is 191. The lowest BCUT2D eigenvalue weighted by Gasteiger charge is -2.22. The topological polar surface area (TPSA) is 20.3 Å². The van der Waals surface area contributed by atoms with Gasteiger partial charge in [-0.05, 0) is 19.3 Å². The molecule has 0 bridgehead atoms. The van der Waals surface area contributed by atoms with Crippen LogP contribution >= 0.6 is 0 Å². The van der Waals surface area contributed by atoms with E-state index >= 15 is 0 Å². The van der Waals surface area contributed by atoms with Crippen molar-refractivity contribution in [3.05, 3.63) is 0 Å². The summed E-state index contributed by atoms with van der Waals surface area (Å²) in [7, 11) is 1.94. The van der Waals surface area contributed by atoms with Crippen LogP contribution in [0.1, 0.15) is 72.1 Å². The van der Waals surface area contributed by atoms with Gasteiger partial charge in [-0.1, -0.05) is 52.9 Å². The summed E-state index contributed by atoms with van der Waals surface area (Å²) in [6.07, 6.45) is 9.56. The molecule has 0 heterocycles. The summed E-state index contributed by atoms with van der Waals surface area (Å²) in [5.74, 6) is 0.609. The number of carbonyl (C=O) groups excluding carboxylic acids is 1. The quantitative estimate of drug-likeness (QED) is 0.524. The number of hydrogen-bond acceptors (Lipinski definition) is 1. The standard InChI is InChI=1S/C15H31NO/c1-5-8-9-10-11-12-14(7-3)15(17)16(4)13-6-2/h14H,5-13H2,1-4H3. The molecule has 0 aliphatic carbocycles. The van der Waals surface area contributed by atoms with E-state index < -0.39 is 0 Å². The molecule has 2 nitrogen and oxygen atoms in total. The highest BCUT2D eigenvalue weighted by Gasteiger charge is 2.19. The van der Waals surface area contributed by atoms with Crippen molar-refractivity contribution in [3.63, 3.8) is 0 Å². The van der Waals surface area contributed by atoms with Crippen LogP contribution in [0.5, 0.6) is 0 Å². The molecule has 0 fully saturated rings. The molecule has 1 atom stereocenters. The third-order valence-corrected chi connectivity index (χ3v) is 3.43. The highest BCUT2D eigenvalue weighted by Crippen LogP contribution is 2.17. The van der Waals surface area contributed by atoms with Crippen molar-refractivity contribution < 1.29 is 4.79 Å². The van der Waals surface area contributed by atoms with E-state index in [0.717, 1.165) is 25.8 Å². The molecule has 2 heteroatoms. The van der Waals surface area contributed by atoms with Gasteiger partial charge in [0.2, 0.25) is 5.91 Å². The van der Waals surface area contributed by atoms with Gasteiger partial charge < -0.3 is 4.90 Å². The van der Waals surface area contributed by atoms with Crippen molar-refractivity contribution in [2.45, 2.75) is 72.1 Å². The Hall–Kier alpha value is -0.530. The molecule has 17 heavy (non-hydrogen) atoms. The monoisotopic (exact) mass is 241 g/mol. The van der Waals surface area contributed by atoms with Crippen molar-refractivity contribution in [2.24, 2.45) is 5.92 Å². The molecule has 0 aromatic heterocycles. The van der Waals surface area contributed by atoms with Crippen molar-refractivity contribution in [3.8, 4) is 0 Å². The summed E-state index contributed by atoms with van der Waals surface area (Å²) in [6, 6.07) is 0. The maximum Gasteiger partial charge on any atom is 0.225 e. The van der Waals surface area contributed by atoms with E-state index in [-0.39, 0.29) is 5.92 Å². The zero-order valence-electron chi connectivity index (χ0n) is 12.3. The van der Waals surface area contributed by atoms with E-state index in [9.17, 15) is 4.79 Å². The van der Waals surface area contributed by atoms with E-state index in [2.05, 4.69) is 20.8 Å². The van der Waals surface area contributed by atoms with Crippen molar-refractivity contribution in [1.29, 1.82) is 0 Å². The average molecular weight is 241 g/mol. The van der Waals surface area contributed by atoms with Gasteiger partial charge in [-0.15, -0.1) is 0 Å². The first-order chi connectivity index (χ1) is 8.17. The van der Waals surface area contributed by atoms with Crippen LogP contribution in [0.3, 0.4) is 0 Å². The molecule has 0 rings (SSSR count). The lowest BCUT2D eigenvalue weighted by Crippen LogP contribution is -2.33. The summed E-state index contributed by atoms with van der Waals surface area (Å²) in [4.78, 5) is 14.0. The third kappa shape index (κ3) is 7.40. The molecule has 1 unspecified atom stereocenters. The number of nitrogens with zero attached hydrogens (tertiary/aromatic N) is 1. The molecule has 0 aliphatic heterocycles. The van der Waals surface area contributed by atoms with E-state index in [1.165, 1.54) is 32.1 Å². The van der Waals surface area contributed by atoms with Gasteiger partial charge in [0.05, 0.1) is 0 Å². The summed E-state index contributed by atoms with van der Waals surface area (Å²) in [5.41, 5.74) is 0. The van der Waals surface area contributed by atoms with Crippen LogP contribution in [0.4, 0.5) is 0 Å². The fraction of sp³-hybridized carbons (Fsp3) is 0.933. The van der Waals surface area contributed by atoms with Gasteiger partial charge >= 0.3 is 0 Å². The Morgan fingerprint density at radius 3 is 2.18 bits per heavy atom.